The van der Waals surface area contributed by atoms with Crippen LogP contribution >= 0.6 is 15.9 Å². The number of rotatable bonds is 2. The SMILES string of the molecule is CC(C)n1nnnc1-c1cc(N)ccc1Br. The van der Waals surface area contributed by atoms with Gasteiger partial charge in [-0.3, -0.25) is 0 Å². The van der Waals surface area contributed by atoms with Gasteiger partial charge in [0.2, 0.25) is 0 Å². The third kappa shape index (κ3) is 1.92. The van der Waals surface area contributed by atoms with Crippen LogP contribution in [0.5, 0.6) is 0 Å². The summed E-state index contributed by atoms with van der Waals surface area (Å²) in [4.78, 5) is 0. The fourth-order valence-electron chi connectivity index (χ4n) is 1.43. The predicted molar refractivity (Wildman–Crippen MR) is 65.8 cm³/mol. The molecule has 2 N–H and O–H groups in total. The second-order valence-electron chi connectivity index (χ2n) is 3.78. The molecule has 0 aliphatic carbocycles. The van der Waals surface area contributed by atoms with Crippen molar-refractivity contribution in [3.8, 4) is 11.4 Å². The molecular formula is C10H12BrN5. The topological polar surface area (TPSA) is 69.6 Å². The van der Waals surface area contributed by atoms with Crippen LogP contribution in [0, 0.1) is 0 Å². The summed E-state index contributed by atoms with van der Waals surface area (Å²) in [6, 6.07) is 5.79. The van der Waals surface area contributed by atoms with E-state index in [0.717, 1.165) is 10.0 Å². The van der Waals surface area contributed by atoms with Crippen LogP contribution in [0.15, 0.2) is 22.7 Å². The van der Waals surface area contributed by atoms with Gasteiger partial charge >= 0.3 is 0 Å². The molecule has 1 aromatic heterocycles. The lowest BCUT2D eigenvalue weighted by Crippen LogP contribution is -2.05. The van der Waals surface area contributed by atoms with Crippen LogP contribution in [0.3, 0.4) is 0 Å². The molecule has 1 heterocycles. The first-order valence-electron chi connectivity index (χ1n) is 4.93. The maximum Gasteiger partial charge on any atom is 0.183 e. The van der Waals surface area contributed by atoms with E-state index in [1.54, 1.807) is 4.68 Å². The summed E-state index contributed by atoms with van der Waals surface area (Å²) in [5, 5.41) is 11.7. The van der Waals surface area contributed by atoms with E-state index in [4.69, 9.17) is 5.73 Å². The number of nitrogens with zero attached hydrogens (tertiary/aromatic N) is 4. The molecule has 0 unspecified atom stereocenters. The highest BCUT2D eigenvalue weighted by atomic mass is 79.9. The minimum atomic E-state index is 0.207. The Balaban J connectivity index is 2.58. The molecule has 84 valence electrons. The second-order valence-corrected chi connectivity index (χ2v) is 4.63. The molecule has 2 rings (SSSR count). The van der Waals surface area contributed by atoms with Crippen LogP contribution in [0.4, 0.5) is 5.69 Å². The first kappa shape index (κ1) is 11.1. The summed E-state index contributed by atoms with van der Waals surface area (Å²) >= 11 is 3.47. The van der Waals surface area contributed by atoms with Crippen molar-refractivity contribution in [2.24, 2.45) is 0 Å². The third-order valence-corrected chi connectivity index (χ3v) is 2.90. The molecule has 0 saturated carbocycles. The number of tetrazole rings is 1. The number of anilines is 1. The monoisotopic (exact) mass is 281 g/mol. The molecule has 0 amide bonds. The van der Waals surface area contributed by atoms with E-state index in [9.17, 15) is 0 Å². The van der Waals surface area contributed by atoms with Crippen molar-refractivity contribution in [3.63, 3.8) is 0 Å². The van der Waals surface area contributed by atoms with Gasteiger partial charge < -0.3 is 5.73 Å². The summed E-state index contributed by atoms with van der Waals surface area (Å²) in [7, 11) is 0. The van der Waals surface area contributed by atoms with Gasteiger partial charge in [0.15, 0.2) is 5.82 Å². The van der Waals surface area contributed by atoms with Gasteiger partial charge in [-0.25, -0.2) is 4.68 Å². The molecule has 0 bridgehead atoms. The van der Waals surface area contributed by atoms with Crippen LogP contribution in [-0.2, 0) is 0 Å². The van der Waals surface area contributed by atoms with E-state index in [2.05, 4.69) is 31.5 Å². The van der Waals surface area contributed by atoms with Crippen molar-refractivity contribution in [1.82, 2.24) is 20.2 Å². The van der Waals surface area contributed by atoms with Crippen LogP contribution in [0.2, 0.25) is 0 Å². The van der Waals surface area contributed by atoms with Crippen LogP contribution in [-0.4, -0.2) is 20.2 Å². The van der Waals surface area contributed by atoms with E-state index in [1.807, 2.05) is 32.0 Å². The zero-order valence-electron chi connectivity index (χ0n) is 9.05. The average molecular weight is 282 g/mol. The minimum Gasteiger partial charge on any atom is -0.399 e. The Kier molecular flexibility index (Phi) is 2.91. The largest absolute Gasteiger partial charge is 0.399 e. The zero-order valence-corrected chi connectivity index (χ0v) is 10.6. The summed E-state index contributed by atoms with van der Waals surface area (Å²) in [5.41, 5.74) is 7.35. The van der Waals surface area contributed by atoms with E-state index in [1.165, 1.54) is 0 Å². The van der Waals surface area contributed by atoms with Gasteiger partial charge in [0.05, 0.1) is 6.04 Å². The number of hydrogen-bond acceptors (Lipinski definition) is 4. The molecule has 0 aliphatic rings. The summed E-state index contributed by atoms with van der Waals surface area (Å²) in [6.07, 6.45) is 0. The van der Waals surface area contributed by atoms with Gasteiger partial charge in [0.25, 0.3) is 0 Å². The van der Waals surface area contributed by atoms with Gasteiger partial charge in [-0.05, 0) is 42.5 Å². The first-order valence-corrected chi connectivity index (χ1v) is 5.72. The standard InChI is InChI=1S/C10H12BrN5/c1-6(2)16-10(13-14-15-16)8-5-7(12)3-4-9(8)11/h3-6H,12H2,1-2H3. The molecule has 0 aliphatic heterocycles. The molecule has 0 atom stereocenters. The predicted octanol–water partition coefficient (Wildman–Crippen LogP) is 2.27. The maximum atomic E-state index is 5.76. The average Bonchev–Trinajstić information content (AvgIpc) is 2.70. The van der Waals surface area contributed by atoms with Gasteiger partial charge in [0.1, 0.15) is 0 Å². The molecule has 0 radical (unpaired) electrons. The third-order valence-electron chi connectivity index (χ3n) is 2.21. The van der Waals surface area contributed by atoms with Crippen molar-refractivity contribution >= 4 is 21.6 Å². The van der Waals surface area contributed by atoms with E-state index in [0.29, 0.717) is 11.5 Å². The smallest absolute Gasteiger partial charge is 0.183 e. The number of nitrogen functional groups attached to an aromatic ring is 1. The van der Waals surface area contributed by atoms with Crippen molar-refractivity contribution in [1.29, 1.82) is 0 Å². The molecule has 6 heteroatoms. The van der Waals surface area contributed by atoms with Crippen molar-refractivity contribution in [2.75, 3.05) is 5.73 Å². The molecule has 2 aromatic rings. The van der Waals surface area contributed by atoms with Crippen molar-refractivity contribution in [3.05, 3.63) is 22.7 Å². The number of benzene rings is 1. The molecule has 5 nitrogen and oxygen atoms in total. The van der Waals surface area contributed by atoms with Crippen molar-refractivity contribution in [2.45, 2.75) is 19.9 Å². The van der Waals surface area contributed by atoms with Crippen LogP contribution in [0.1, 0.15) is 19.9 Å². The molecule has 1 aromatic carbocycles. The van der Waals surface area contributed by atoms with Crippen molar-refractivity contribution < 1.29 is 0 Å². The molecule has 0 fully saturated rings. The number of halogens is 1. The molecular weight excluding hydrogens is 270 g/mol. The lowest BCUT2D eigenvalue weighted by molar-refractivity contribution is 0.519. The fraction of sp³-hybridized carbons (Fsp3) is 0.300. The van der Waals surface area contributed by atoms with Gasteiger partial charge in [0, 0.05) is 15.7 Å². The maximum absolute atomic E-state index is 5.76. The van der Waals surface area contributed by atoms with Gasteiger partial charge in [-0.2, -0.15) is 0 Å². The first-order chi connectivity index (χ1) is 7.59. The fourth-order valence-corrected chi connectivity index (χ4v) is 1.86. The van der Waals surface area contributed by atoms with Gasteiger partial charge in [-0.15, -0.1) is 5.10 Å². The molecule has 0 spiro atoms. The highest BCUT2D eigenvalue weighted by molar-refractivity contribution is 9.10. The highest BCUT2D eigenvalue weighted by Crippen LogP contribution is 2.29. The van der Waals surface area contributed by atoms with E-state index < -0.39 is 0 Å². The van der Waals surface area contributed by atoms with Crippen LogP contribution in [0.25, 0.3) is 11.4 Å². The minimum absolute atomic E-state index is 0.207. The van der Waals surface area contributed by atoms with Crippen LogP contribution < -0.4 is 5.73 Å². The Bertz CT molecular complexity index is 506. The molecule has 0 saturated heterocycles. The quantitative estimate of drug-likeness (QED) is 0.858. The van der Waals surface area contributed by atoms with E-state index in [-0.39, 0.29) is 6.04 Å². The second kappa shape index (κ2) is 4.21. The Hall–Kier alpha value is -1.43. The van der Waals surface area contributed by atoms with E-state index >= 15 is 0 Å². The number of hydrogen-bond donors (Lipinski definition) is 1. The normalized spacial score (nSPS) is 11.0. The zero-order chi connectivity index (χ0) is 11.7. The lowest BCUT2D eigenvalue weighted by atomic mass is 10.2. The Morgan fingerprint density at radius 2 is 2.12 bits per heavy atom. The molecule has 16 heavy (non-hydrogen) atoms. The highest BCUT2D eigenvalue weighted by Gasteiger charge is 2.14. The summed E-state index contributed by atoms with van der Waals surface area (Å²) in [6.45, 7) is 4.06. The Labute approximate surface area is 102 Å². The Morgan fingerprint density at radius 3 is 2.81 bits per heavy atom. The summed E-state index contributed by atoms with van der Waals surface area (Å²) < 4.78 is 2.69. The van der Waals surface area contributed by atoms with Gasteiger partial charge in [-0.1, -0.05) is 15.9 Å². The number of aromatic nitrogens is 4. The lowest BCUT2D eigenvalue weighted by Gasteiger charge is -2.09. The Morgan fingerprint density at radius 1 is 1.38 bits per heavy atom. The summed E-state index contributed by atoms with van der Waals surface area (Å²) in [5.74, 6) is 0.717. The number of nitrogens with two attached hydrogens (primary N) is 1.